The van der Waals surface area contributed by atoms with Crippen LogP contribution in [0.15, 0.2) is 67.8 Å². The molecule has 43 heavy (non-hydrogen) atoms. The van der Waals surface area contributed by atoms with Gasteiger partial charge < -0.3 is 18.3 Å². The summed E-state index contributed by atoms with van der Waals surface area (Å²) in [7, 11) is -4.19. The molecule has 0 saturated heterocycles. The maximum absolute atomic E-state index is 12.9. The van der Waals surface area contributed by atoms with Crippen LogP contribution in [-0.2, 0) is 18.4 Å². The lowest BCUT2D eigenvalue weighted by atomic mass is 9.90. The van der Waals surface area contributed by atoms with Gasteiger partial charge in [-0.25, -0.2) is 0 Å². The minimum absolute atomic E-state index is 0.0559. The van der Waals surface area contributed by atoms with E-state index in [0.717, 1.165) is 25.0 Å². The average Bonchev–Trinajstić information content (AvgIpc) is 3.19. The minimum atomic E-state index is -2.10. The number of hydrogen-bond donors (Lipinski definition) is 0. The van der Waals surface area contributed by atoms with Gasteiger partial charge in [0.15, 0.2) is 16.6 Å². The second-order valence-electron chi connectivity index (χ2n) is 15.1. The highest BCUT2D eigenvalue weighted by molar-refractivity contribution is 6.74. The first-order valence-corrected chi connectivity index (χ1v) is 21.9. The molecule has 0 spiro atoms. The normalized spacial score (nSPS) is 22.4. The van der Waals surface area contributed by atoms with Crippen molar-refractivity contribution in [2.24, 2.45) is 11.8 Å². The molecule has 1 fully saturated rings. The number of carbonyl (C=O) groups is 1. The van der Waals surface area contributed by atoms with E-state index in [9.17, 15) is 4.79 Å². The number of hydrogen-bond acceptors (Lipinski definition) is 5. The van der Waals surface area contributed by atoms with Gasteiger partial charge in [0, 0.05) is 24.7 Å². The third kappa shape index (κ3) is 11.2. The van der Waals surface area contributed by atoms with E-state index in [1.54, 1.807) is 0 Å². The lowest BCUT2D eigenvalue weighted by molar-refractivity contribution is -0.151. The molecular weight excluding hydrogens is 569 g/mol. The van der Waals surface area contributed by atoms with E-state index in [-0.39, 0.29) is 46.2 Å². The van der Waals surface area contributed by atoms with Crippen LogP contribution in [0, 0.1) is 11.8 Å². The zero-order valence-electron chi connectivity index (χ0n) is 28.8. The Bertz CT molecular complexity index is 1050. The van der Waals surface area contributed by atoms with Gasteiger partial charge in [-0.05, 0) is 67.7 Å². The Balaban J connectivity index is 2.43. The zero-order chi connectivity index (χ0) is 32.5. The summed E-state index contributed by atoms with van der Waals surface area (Å²) in [5.74, 6) is 0.815. The molecule has 0 bridgehead atoms. The van der Waals surface area contributed by atoms with Crippen LogP contribution in [0.5, 0.6) is 5.75 Å². The van der Waals surface area contributed by atoms with Crippen molar-refractivity contribution in [1.82, 2.24) is 0 Å². The van der Waals surface area contributed by atoms with E-state index in [0.29, 0.717) is 19.4 Å². The number of ether oxygens (including phenoxy) is 2. The van der Waals surface area contributed by atoms with E-state index in [1.165, 1.54) is 0 Å². The Labute approximate surface area is 265 Å². The van der Waals surface area contributed by atoms with E-state index in [2.05, 4.69) is 93.0 Å². The largest absolute Gasteiger partial charge is 0.491 e. The van der Waals surface area contributed by atoms with Gasteiger partial charge >= 0.3 is 5.97 Å². The molecule has 0 N–H and O–H groups in total. The molecular formula is C36H60O5Si2. The number of esters is 1. The van der Waals surface area contributed by atoms with E-state index in [1.807, 2.05) is 42.5 Å². The Morgan fingerprint density at radius 3 is 2.14 bits per heavy atom. The van der Waals surface area contributed by atoms with Gasteiger partial charge in [0.25, 0.3) is 0 Å². The fourth-order valence-electron chi connectivity index (χ4n) is 4.92. The van der Waals surface area contributed by atoms with Gasteiger partial charge in [-0.3, -0.25) is 4.79 Å². The lowest BCUT2D eigenvalue weighted by Gasteiger charge is -2.40. The van der Waals surface area contributed by atoms with Gasteiger partial charge in [0.2, 0.25) is 0 Å². The molecule has 2 rings (SSSR count). The Morgan fingerprint density at radius 1 is 0.953 bits per heavy atom. The van der Waals surface area contributed by atoms with Gasteiger partial charge in [0.1, 0.15) is 18.5 Å². The summed E-state index contributed by atoms with van der Waals surface area (Å²) in [4.78, 5) is 12.9. The molecule has 0 amide bonds. The Kier molecular flexibility index (Phi) is 13.7. The maximum Gasteiger partial charge on any atom is 0.306 e. The standard InChI is InChI=1S/C36H60O5Si2/c1-13-15-17-23-34(37)39-32-26-33(41-43(11,12)36(6,7)8)31(30(32)20-14-2)25-24-29(40-42(9,10)35(3,4)5)27-38-28-21-18-16-19-22-28/h13-14,16,18-19,21-22,24-25,29-33H,1-2,15,17,20,23,26-27H2,3-12H3/b25-24+/t29-,30-,31-,32+,33?/m1/s1. The second kappa shape index (κ2) is 15.9. The van der Waals surface area contributed by atoms with Crippen LogP contribution >= 0.6 is 0 Å². The SMILES string of the molecule is C=CCCCC(=O)O[C@H]1CC(O[Si](C)(C)C(C)(C)C)[C@H](/C=C/[C@H](COc2ccccc2)O[Si](C)(C)C(C)(C)C)[C@H]1CC=C. The molecule has 5 atom stereocenters. The smallest absolute Gasteiger partial charge is 0.306 e. The molecule has 0 heterocycles. The van der Waals surface area contributed by atoms with Crippen molar-refractivity contribution < 1.29 is 23.1 Å². The van der Waals surface area contributed by atoms with Crippen LogP contribution in [-0.4, -0.2) is 47.5 Å². The highest BCUT2D eigenvalue weighted by Gasteiger charge is 2.48. The van der Waals surface area contributed by atoms with Crippen molar-refractivity contribution in [2.75, 3.05) is 6.61 Å². The number of unbranched alkanes of at least 4 members (excludes halogenated alkanes) is 1. The van der Waals surface area contributed by atoms with Crippen LogP contribution < -0.4 is 4.74 Å². The minimum Gasteiger partial charge on any atom is -0.491 e. The highest BCUT2D eigenvalue weighted by atomic mass is 28.4. The van der Waals surface area contributed by atoms with Gasteiger partial charge in [-0.15, -0.1) is 13.2 Å². The highest BCUT2D eigenvalue weighted by Crippen LogP contribution is 2.45. The van der Waals surface area contributed by atoms with E-state index in [4.69, 9.17) is 18.3 Å². The van der Waals surface area contributed by atoms with Crippen LogP contribution in [0.4, 0.5) is 0 Å². The predicted octanol–water partition coefficient (Wildman–Crippen LogP) is 9.88. The summed E-state index contributed by atoms with van der Waals surface area (Å²) in [6, 6.07) is 9.90. The number of rotatable bonds is 16. The fraction of sp³-hybridized carbons (Fsp3) is 0.639. The van der Waals surface area contributed by atoms with E-state index < -0.39 is 16.6 Å². The molecule has 1 saturated carbocycles. The number of para-hydroxylation sites is 1. The predicted molar refractivity (Wildman–Crippen MR) is 186 cm³/mol. The number of carbonyl (C=O) groups excluding carboxylic acids is 1. The van der Waals surface area contributed by atoms with Crippen molar-refractivity contribution in [3.63, 3.8) is 0 Å². The van der Waals surface area contributed by atoms with Crippen molar-refractivity contribution in [1.29, 1.82) is 0 Å². The summed E-state index contributed by atoms with van der Waals surface area (Å²) in [6.07, 6.45) is 11.1. The average molecular weight is 629 g/mol. The molecule has 0 radical (unpaired) electrons. The van der Waals surface area contributed by atoms with Crippen LogP contribution in [0.3, 0.4) is 0 Å². The third-order valence-corrected chi connectivity index (χ3v) is 18.6. The van der Waals surface area contributed by atoms with Gasteiger partial charge in [-0.2, -0.15) is 0 Å². The molecule has 0 aliphatic heterocycles. The summed E-state index contributed by atoms with van der Waals surface area (Å²) in [5, 5.41) is 0.121. The van der Waals surface area contributed by atoms with Gasteiger partial charge in [-0.1, -0.05) is 84.0 Å². The van der Waals surface area contributed by atoms with Crippen molar-refractivity contribution >= 4 is 22.6 Å². The summed E-state index contributed by atoms with van der Waals surface area (Å²) in [5.41, 5.74) is 0. The summed E-state index contributed by atoms with van der Waals surface area (Å²) < 4.78 is 26.3. The van der Waals surface area contributed by atoms with Crippen LogP contribution in [0.1, 0.15) is 73.6 Å². The first-order chi connectivity index (χ1) is 19.9. The summed E-state index contributed by atoms with van der Waals surface area (Å²) in [6.45, 7) is 30.9. The first kappa shape index (κ1) is 37.3. The Hall–Kier alpha value is -1.94. The third-order valence-electron chi connectivity index (χ3n) is 9.59. The molecule has 1 aliphatic rings. The zero-order valence-corrected chi connectivity index (χ0v) is 30.8. The van der Waals surface area contributed by atoms with Crippen LogP contribution in [0.25, 0.3) is 0 Å². The molecule has 7 heteroatoms. The quantitative estimate of drug-likeness (QED) is 0.0789. The van der Waals surface area contributed by atoms with Crippen LogP contribution in [0.2, 0.25) is 36.3 Å². The monoisotopic (exact) mass is 628 g/mol. The molecule has 1 aromatic carbocycles. The van der Waals surface area contributed by atoms with Crippen molar-refractivity contribution in [3.8, 4) is 5.75 Å². The molecule has 5 nitrogen and oxygen atoms in total. The first-order valence-electron chi connectivity index (χ1n) is 16.0. The van der Waals surface area contributed by atoms with Gasteiger partial charge in [0.05, 0.1) is 12.2 Å². The topological polar surface area (TPSA) is 54.0 Å². The van der Waals surface area contributed by atoms with Crippen molar-refractivity contribution in [2.45, 2.75) is 128 Å². The maximum atomic E-state index is 12.9. The molecule has 242 valence electrons. The Morgan fingerprint density at radius 2 is 1.58 bits per heavy atom. The molecule has 1 aromatic rings. The number of benzene rings is 1. The van der Waals surface area contributed by atoms with Crippen molar-refractivity contribution in [3.05, 3.63) is 67.8 Å². The molecule has 0 aromatic heterocycles. The molecule has 1 aliphatic carbocycles. The summed E-state index contributed by atoms with van der Waals surface area (Å²) >= 11 is 0. The second-order valence-corrected chi connectivity index (χ2v) is 24.6. The lowest BCUT2D eigenvalue weighted by Crippen LogP contribution is -2.45. The molecule has 1 unspecified atom stereocenters. The fourth-order valence-corrected chi connectivity index (χ4v) is 7.54. The van der Waals surface area contributed by atoms with E-state index >= 15 is 0 Å². The number of allylic oxidation sites excluding steroid dienone is 2.